The lowest BCUT2D eigenvalue weighted by Gasteiger charge is -2.18. The van der Waals surface area contributed by atoms with Crippen LogP contribution in [0.2, 0.25) is 0 Å². The molecule has 0 aliphatic rings. The van der Waals surface area contributed by atoms with Crippen molar-refractivity contribution in [3.8, 4) is 0 Å². The van der Waals surface area contributed by atoms with E-state index in [1.54, 1.807) is 6.07 Å². The van der Waals surface area contributed by atoms with E-state index < -0.39 is 0 Å². The Hall–Kier alpha value is -2.73. The maximum atomic E-state index is 13.3. The zero-order valence-corrected chi connectivity index (χ0v) is 15.2. The Labute approximate surface area is 152 Å². The summed E-state index contributed by atoms with van der Waals surface area (Å²) >= 11 is 0. The SMILES string of the molecule is Cc1ccc(C(C)NC(=O)CN(C)Cc2nc3ccc(F)cc3[nH]2)cc1. The van der Waals surface area contributed by atoms with Crippen LogP contribution < -0.4 is 5.32 Å². The highest BCUT2D eigenvalue weighted by atomic mass is 19.1. The maximum absolute atomic E-state index is 13.3. The van der Waals surface area contributed by atoms with E-state index in [9.17, 15) is 9.18 Å². The van der Waals surface area contributed by atoms with Crippen LogP contribution in [0.1, 0.15) is 29.9 Å². The summed E-state index contributed by atoms with van der Waals surface area (Å²) in [6.45, 7) is 4.73. The Morgan fingerprint density at radius 2 is 2.00 bits per heavy atom. The highest BCUT2D eigenvalue weighted by molar-refractivity contribution is 5.78. The fraction of sp³-hybridized carbons (Fsp3) is 0.300. The molecule has 0 spiro atoms. The third kappa shape index (κ3) is 4.46. The number of hydrogen-bond acceptors (Lipinski definition) is 3. The van der Waals surface area contributed by atoms with Gasteiger partial charge in [-0.3, -0.25) is 9.69 Å². The first-order chi connectivity index (χ1) is 12.4. The molecule has 5 nitrogen and oxygen atoms in total. The van der Waals surface area contributed by atoms with E-state index in [4.69, 9.17) is 0 Å². The number of aryl methyl sites for hydroxylation is 1. The second kappa shape index (κ2) is 7.66. The average molecular weight is 354 g/mol. The Bertz CT molecular complexity index is 904. The fourth-order valence-corrected chi connectivity index (χ4v) is 2.89. The van der Waals surface area contributed by atoms with Crippen LogP contribution in [0.25, 0.3) is 11.0 Å². The summed E-state index contributed by atoms with van der Waals surface area (Å²) in [5.74, 6) is 0.348. The lowest BCUT2D eigenvalue weighted by Crippen LogP contribution is -2.36. The molecule has 1 atom stereocenters. The summed E-state index contributed by atoms with van der Waals surface area (Å²) < 4.78 is 13.3. The molecule has 0 fully saturated rings. The fourth-order valence-electron chi connectivity index (χ4n) is 2.89. The summed E-state index contributed by atoms with van der Waals surface area (Å²) in [6.07, 6.45) is 0. The van der Waals surface area contributed by atoms with E-state index in [1.165, 1.54) is 17.7 Å². The van der Waals surface area contributed by atoms with Gasteiger partial charge < -0.3 is 10.3 Å². The molecule has 0 bridgehead atoms. The van der Waals surface area contributed by atoms with E-state index in [2.05, 4.69) is 15.3 Å². The van der Waals surface area contributed by atoms with Gasteiger partial charge in [0.15, 0.2) is 0 Å². The van der Waals surface area contributed by atoms with Gasteiger partial charge in [-0.15, -0.1) is 0 Å². The van der Waals surface area contributed by atoms with Crippen molar-refractivity contribution >= 4 is 16.9 Å². The number of imidazole rings is 1. The van der Waals surface area contributed by atoms with Crippen LogP contribution in [-0.4, -0.2) is 34.4 Å². The topological polar surface area (TPSA) is 61.0 Å². The number of H-pyrrole nitrogens is 1. The molecule has 6 heteroatoms. The van der Waals surface area contributed by atoms with Crippen molar-refractivity contribution in [2.45, 2.75) is 26.4 Å². The second-order valence-electron chi connectivity index (χ2n) is 6.72. The van der Waals surface area contributed by atoms with Gasteiger partial charge in [-0.05, 0) is 44.7 Å². The normalized spacial score (nSPS) is 12.5. The first-order valence-electron chi connectivity index (χ1n) is 8.59. The summed E-state index contributed by atoms with van der Waals surface area (Å²) in [6, 6.07) is 12.5. The largest absolute Gasteiger partial charge is 0.348 e. The van der Waals surface area contributed by atoms with Crippen LogP contribution in [0.4, 0.5) is 4.39 Å². The summed E-state index contributed by atoms with van der Waals surface area (Å²) in [7, 11) is 1.85. The molecule has 0 saturated heterocycles. The monoisotopic (exact) mass is 354 g/mol. The first-order valence-corrected chi connectivity index (χ1v) is 8.59. The molecule has 2 N–H and O–H groups in total. The third-order valence-electron chi connectivity index (χ3n) is 4.28. The molecule has 3 rings (SSSR count). The summed E-state index contributed by atoms with van der Waals surface area (Å²) in [5.41, 5.74) is 3.64. The number of amides is 1. The standard InChI is InChI=1S/C20H23FN4O/c1-13-4-6-15(7-5-13)14(2)22-20(26)12-25(3)11-19-23-17-9-8-16(21)10-18(17)24-19/h4-10,14H,11-12H2,1-3H3,(H,22,26)(H,23,24). The minimum absolute atomic E-state index is 0.0503. The van der Waals surface area contributed by atoms with Gasteiger partial charge in [-0.2, -0.15) is 0 Å². The number of fused-ring (bicyclic) bond motifs is 1. The van der Waals surface area contributed by atoms with Crippen molar-refractivity contribution in [2.75, 3.05) is 13.6 Å². The van der Waals surface area contributed by atoms with Crippen LogP contribution in [0.5, 0.6) is 0 Å². The molecular formula is C20H23FN4O. The minimum atomic E-state index is -0.300. The van der Waals surface area contributed by atoms with Crippen LogP contribution in [-0.2, 0) is 11.3 Å². The lowest BCUT2D eigenvalue weighted by molar-refractivity contribution is -0.122. The number of benzene rings is 2. The van der Waals surface area contributed by atoms with Gasteiger partial charge in [0.05, 0.1) is 30.2 Å². The van der Waals surface area contributed by atoms with Crippen LogP contribution in [0, 0.1) is 12.7 Å². The number of halogens is 1. The Morgan fingerprint density at radius 3 is 2.73 bits per heavy atom. The molecule has 136 valence electrons. The highest BCUT2D eigenvalue weighted by Crippen LogP contribution is 2.14. The molecule has 1 unspecified atom stereocenters. The Kier molecular flexibility index (Phi) is 5.32. The van der Waals surface area contributed by atoms with E-state index in [1.807, 2.05) is 50.1 Å². The van der Waals surface area contributed by atoms with Crippen LogP contribution >= 0.6 is 0 Å². The number of nitrogens with zero attached hydrogens (tertiary/aromatic N) is 2. The number of nitrogens with one attached hydrogen (secondary N) is 2. The summed E-state index contributed by atoms with van der Waals surface area (Å²) in [5, 5.41) is 3.01. The van der Waals surface area contributed by atoms with Gasteiger partial charge in [-0.25, -0.2) is 9.37 Å². The Balaban J connectivity index is 1.55. The number of aromatic nitrogens is 2. The number of carbonyl (C=O) groups excluding carboxylic acids is 1. The van der Waals surface area contributed by atoms with Gasteiger partial charge in [-0.1, -0.05) is 29.8 Å². The molecular weight excluding hydrogens is 331 g/mol. The van der Waals surface area contributed by atoms with Gasteiger partial charge in [0.2, 0.25) is 5.91 Å². The third-order valence-corrected chi connectivity index (χ3v) is 4.28. The van der Waals surface area contributed by atoms with Crippen molar-refractivity contribution in [1.29, 1.82) is 0 Å². The zero-order valence-electron chi connectivity index (χ0n) is 15.2. The molecule has 26 heavy (non-hydrogen) atoms. The van der Waals surface area contributed by atoms with Crippen molar-refractivity contribution in [3.05, 3.63) is 65.2 Å². The van der Waals surface area contributed by atoms with Crippen molar-refractivity contribution in [2.24, 2.45) is 0 Å². The molecule has 1 amide bonds. The highest BCUT2D eigenvalue weighted by Gasteiger charge is 2.13. The molecule has 2 aromatic carbocycles. The van der Waals surface area contributed by atoms with E-state index in [-0.39, 0.29) is 24.3 Å². The zero-order chi connectivity index (χ0) is 18.7. The summed E-state index contributed by atoms with van der Waals surface area (Å²) in [4.78, 5) is 21.7. The van der Waals surface area contributed by atoms with E-state index >= 15 is 0 Å². The minimum Gasteiger partial charge on any atom is -0.348 e. The molecule has 0 saturated carbocycles. The number of aromatic amines is 1. The van der Waals surface area contributed by atoms with Gasteiger partial charge in [0.25, 0.3) is 0 Å². The predicted molar refractivity (Wildman–Crippen MR) is 100 cm³/mol. The molecule has 0 aliphatic carbocycles. The van der Waals surface area contributed by atoms with Crippen molar-refractivity contribution < 1.29 is 9.18 Å². The number of likely N-dealkylation sites (N-methyl/N-ethyl adjacent to an activating group) is 1. The molecule has 1 aromatic heterocycles. The Morgan fingerprint density at radius 1 is 1.27 bits per heavy atom. The average Bonchev–Trinajstić information content (AvgIpc) is 2.96. The molecule has 0 aliphatic heterocycles. The van der Waals surface area contributed by atoms with Crippen LogP contribution in [0.3, 0.4) is 0 Å². The smallest absolute Gasteiger partial charge is 0.234 e. The number of hydrogen-bond donors (Lipinski definition) is 2. The molecule has 0 radical (unpaired) electrons. The van der Waals surface area contributed by atoms with Gasteiger partial charge >= 0.3 is 0 Å². The lowest BCUT2D eigenvalue weighted by atomic mass is 10.1. The number of rotatable bonds is 6. The van der Waals surface area contributed by atoms with Crippen LogP contribution in [0.15, 0.2) is 42.5 Å². The van der Waals surface area contributed by atoms with Crippen molar-refractivity contribution in [1.82, 2.24) is 20.2 Å². The first kappa shape index (κ1) is 18.1. The number of carbonyl (C=O) groups is 1. The van der Waals surface area contributed by atoms with Crippen molar-refractivity contribution in [3.63, 3.8) is 0 Å². The molecule has 3 aromatic rings. The molecule has 1 heterocycles. The predicted octanol–water partition coefficient (Wildman–Crippen LogP) is 3.32. The van der Waals surface area contributed by atoms with Gasteiger partial charge in [0, 0.05) is 0 Å². The van der Waals surface area contributed by atoms with E-state index in [0.29, 0.717) is 23.4 Å². The van der Waals surface area contributed by atoms with Gasteiger partial charge in [0.1, 0.15) is 11.6 Å². The second-order valence-corrected chi connectivity index (χ2v) is 6.72. The quantitative estimate of drug-likeness (QED) is 0.714. The maximum Gasteiger partial charge on any atom is 0.234 e. The van der Waals surface area contributed by atoms with E-state index in [0.717, 1.165) is 5.56 Å².